The highest BCUT2D eigenvalue weighted by Gasteiger charge is 2.29. The second kappa shape index (κ2) is 5.92. The van der Waals surface area contributed by atoms with E-state index in [4.69, 9.17) is 9.36 Å². The Kier molecular flexibility index (Phi) is 3.82. The fraction of sp³-hybridized carbons (Fsp3) is 0.357. The van der Waals surface area contributed by atoms with Crippen LogP contribution in [0.4, 0.5) is 0 Å². The molecule has 0 saturated heterocycles. The SMILES string of the molecule is CC1=NO[C@H](C(=O)N(C)Cc2nc(-c3ccccn3)no2)C1. The van der Waals surface area contributed by atoms with Crippen LogP contribution >= 0.6 is 0 Å². The Morgan fingerprint density at radius 3 is 3.00 bits per heavy atom. The number of hydrogen-bond acceptors (Lipinski definition) is 7. The van der Waals surface area contributed by atoms with Crippen LogP contribution in [0.2, 0.25) is 0 Å². The predicted molar refractivity (Wildman–Crippen MR) is 76.6 cm³/mol. The number of aromatic nitrogens is 3. The Hall–Kier alpha value is -2.77. The third kappa shape index (κ3) is 2.95. The van der Waals surface area contributed by atoms with Gasteiger partial charge >= 0.3 is 0 Å². The highest BCUT2D eigenvalue weighted by atomic mass is 16.6. The number of amides is 1. The van der Waals surface area contributed by atoms with Crippen molar-refractivity contribution in [2.45, 2.75) is 26.0 Å². The third-order valence-electron chi connectivity index (χ3n) is 3.20. The topological polar surface area (TPSA) is 93.7 Å². The van der Waals surface area contributed by atoms with Crippen molar-refractivity contribution in [2.24, 2.45) is 5.16 Å². The molecule has 8 heteroatoms. The fourth-order valence-electron chi connectivity index (χ4n) is 2.07. The van der Waals surface area contributed by atoms with E-state index in [-0.39, 0.29) is 12.5 Å². The highest BCUT2D eigenvalue weighted by Crippen LogP contribution is 2.15. The minimum absolute atomic E-state index is 0.168. The zero-order chi connectivity index (χ0) is 15.5. The van der Waals surface area contributed by atoms with Gasteiger partial charge in [-0.2, -0.15) is 4.98 Å². The number of likely N-dealkylation sites (N-methyl/N-ethyl adjacent to an activating group) is 1. The molecule has 8 nitrogen and oxygen atoms in total. The average molecular weight is 301 g/mol. The Bertz CT molecular complexity index is 698. The van der Waals surface area contributed by atoms with E-state index in [9.17, 15) is 4.79 Å². The molecule has 1 aliphatic rings. The van der Waals surface area contributed by atoms with E-state index in [0.717, 1.165) is 5.71 Å². The molecular weight excluding hydrogens is 286 g/mol. The summed E-state index contributed by atoms with van der Waals surface area (Å²) in [5, 5.41) is 7.65. The Morgan fingerprint density at radius 2 is 2.32 bits per heavy atom. The summed E-state index contributed by atoms with van der Waals surface area (Å²) >= 11 is 0. The van der Waals surface area contributed by atoms with Crippen molar-refractivity contribution in [3.8, 4) is 11.5 Å². The molecule has 0 aliphatic carbocycles. The highest BCUT2D eigenvalue weighted by molar-refractivity contribution is 5.91. The van der Waals surface area contributed by atoms with Gasteiger partial charge < -0.3 is 14.3 Å². The zero-order valence-corrected chi connectivity index (χ0v) is 12.3. The minimum Gasteiger partial charge on any atom is -0.382 e. The average Bonchev–Trinajstić information content (AvgIpc) is 3.16. The van der Waals surface area contributed by atoms with Crippen LogP contribution in [0.1, 0.15) is 19.2 Å². The normalized spacial score (nSPS) is 17.0. The number of oxime groups is 1. The molecule has 2 aromatic rings. The van der Waals surface area contributed by atoms with Gasteiger partial charge in [0.15, 0.2) is 0 Å². The summed E-state index contributed by atoms with van der Waals surface area (Å²) in [7, 11) is 1.66. The van der Waals surface area contributed by atoms with Crippen LogP contribution in [0, 0.1) is 0 Å². The predicted octanol–water partition coefficient (Wildman–Crippen LogP) is 1.25. The van der Waals surface area contributed by atoms with Crippen LogP contribution in [0.15, 0.2) is 34.1 Å². The lowest BCUT2D eigenvalue weighted by molar-refractivity contribution is -0.141. The molecule has 3 heterocycles. The van der Waals surface area contributed by atoms with Gasteiger partial charge in [0.05, 0.1) is 12.3 Å². The summed E-state index contributed by atoms with van der Waals surface area (Å²) in [4.78, 5) is 27.1. The van der Waals surface area contributed by atoms with E-state index in [1.54, 1.807) is 19.3 Å². The van der Waals surface area contributed by atoms with Crippen molar-refractivity contribution in [2.75, 3.05) is 7.05 Å². The molecular formula is C14H15N5O3. The van der Waals surface area contributed by atoms with E-state index in [1.165, 1.54) is 4.90 Å². The van der Waals surface area contributed by atoms with Crippen molar-refractivity contribution in [1.82, 2.24) is 20.0 Å². The molecule has 0 radical (unpaired) electrons. The lowest BCUT2D eigenvalue weighted by atomic mass is 10.2. The van der Waals surface area contributed by atoms with Crippen molar-refractivity contribution >= 4 is 11.6 Å². The third-order valence-corrected chi connectivity index (χ3v) is 3.20. The maximum absolute atomic E-state index is 12.2. The van der Waals surface area contributed by atoms with Crippen molar-refractivity contribution in [3.05, 3.63) is 30.3 Å². The molecule has 0 spiro atoms. The summed E-state index contributed by atoms with van der Waals surface area (Å²) in [5.41, 5.74) is 1.43. The lowest BCUT2D eigenvalue weighted by Crippen LogP contribution is -2.36. The van der Waals surface area contributed by atoms with Gasteiger partial charge in [-0.25, -0.2) is 0 Å². The fourth-order valence-corrected chi connectivity index (χ4v) is 2.07. The van der Waals surface area contributed by atoms with Crippen LogP contribution in [0.25, 0.3) is 11.5 Å². The molecule has 22 heavy (non-hydrogen) atoms. The molecule has 1 amide bonds. The van der Waals surface area contributed by atoms with E-state index >= 15 is 0 Å². The first kappa shape index (κ1) is 14.2. The minimum atomic E-state index is -0.566. The van der Waals surface area contributed by atoms with E-state index in [0.29, 0.717) is 23.8 Å². The number of nitrogens with zero attached hydrogens (tertiary/aromatic N) is 5. The number of rotatable bonds is 4. The number of hydrogen-bond donors (Lipinski definition) is 0. The zero-order valence-electron chi connectivity index (χ0n) is 12.3. The lowest BCUT2D eigenvalue weighted by Gasteiger charge is -2.17. The van der Waals surface area contributed by atoms with Gasteiger partial charge in [-0.05, 0) is 19.1 Å². The van der Waals surface area contributed by atoms with Crippen molar-refractivity contribution < 1.29 is 14.2 Å². The van der Waals surface area contributed by atoms with E-state index < -0.39 is 6.10 Å². The molecule has 0 N–H and O–H groups in total. The van der Waals surface area contributed by atoms with Gasteiger partial charge in [0.2, 0.25) is 17.8 Å². The number of carbonyl (C=O) groups excluding carboxylic acids is 1. The van der Waals surface area contributed by atoms with Gasteiger partial charge in [-0.3, -0.25) is 9.78 Å². The van der Waals surface area contributed by atoms with Crippen LogP contribution in [-0.2, 0) is 16.2 Å². The molecule has 0 unspecified atom stereocenters. The molecule has 1 atom stereocenters. The van der Waals surface area contributed by atoms with Crippen LogP contribution < -0.4 is 0 Å². The summed E-state index contributed by atoms with van der Waals surface area (Å²) in [6, 6.07) is 5.44. The van der Waals surface area contributed by atoms with Crippen LogP contribution in [0.5, 0.6) is 0 Å². The second-order valence-corrected chi connectivity index (χ2v) is 5.05. The maximum atomic E-state index is 12.2. The molecule has 2 aromatic heterocycles. The van der Waals surface area contributed by atoms with Crippen LogP contribution in [0.3, 0.4) is 0 Å². The van der Waals surface area contributed by atoms with Crippen molar-refractivity contribution in [1.29, 1.82) is 0 Å². The smallest absolute Gasteiger partial charge is 0.267 e. The maximum Gasteiger partial charge on any atom is 0.267 e. The number of carbonyl (C=O) groups is 1. The monoisotopic (exact) mass is 301 g/mol. The van der Waals surface area contributed by atoms with E-state index in [1.807, 2.05) is 19.1 Å². The summed E-state index contributed by atoms with van der Waals surface area (Å²) in [5.74, 6) is 0.568. The van der Waals surface area contributed by atoms with Gasteiger partial charge in [0, 0.05) is 19.7 Å². The number of pyridine rings is 1. The first-order chi connectivity index (χ1) is 10.6. The molecule has 3 rings (SSSR count). The molecule has 0 bridgehead atoms. The summed E-state index contributed by atoms with van der Waals surface area (Å²) < 4.78 is 5.16. The standard InChI is InChI=1S/C14H15N5O3/c1-9-7-11(21-17-9)14(20)19(2)8-12-16-13(18-22-12)10-5-3-4-6-15-10/h3-6,11H,7-8H2,1-2H3/t11-/m0/s1. The van der Waals surface area contributed by atoms with Crippen LogP contribution in [-0.4, -0.2) is 44.8 Å². The van der Waals surface area contributed by atoms with Gasteiger partial charge in [-0.15, -0.1) is 0 Å². The second-order valence-electron chi connectivity index (χ2n) is 5.05. The molecule has 0 fully saturated rings. The van der Waals surface area contributed by atoms with Gasteiger partial charge in [0.1, 0.15) is 5.69 Å². The largest absolute Gasteiger partial charge is 0.382 e. The Balaban J connectivity index is 1.64. The Labute approximate surface area is 126 Å². The van der Waals surface area contributed by atoms with Gasteiger partial charge in [-0.1, -0.05) is 16.4 Å². The first-order valence-corrected chi connectivity index (χ1v) is 6.82. The van der Waals surface area contributed by atoms with Gasteiger partial charge in [0.25, 0.3) is 5.91 Å². The van der Waals surface area contributed by atoms with Crippen molar-refractivity contribution in [3.63, 3.8) is 0 Å². The quantitative estimate of drug-likeness (QED) is 0.843. The summed E-state index contributed by atoms with van der Waals surface area (Å²) in [6.45, 7) is 2.03. The first-order valence-electron chi connectivity index (χ1n) is 6.82. The Morgan fingerprint density at radius 1 is 1.45 bits per heavy atom. The molecule has 114 valence electrons. The molecule has 1 aliphatic heterocycles. The molecule has 0 aromatic carbocycles. The molecule has 0 saturated carbocycles. The summed E-state index contributed by atoms with van der Waals surface area (Å²) in [6.07, 6.45) is 1.59. The van der Waals surface area contributed by atoms with E-state index in [2.05, 4.69) is 20.3 Å².